The molecule has 0 N–H and O–H groups in total. The fraction of sp³-hybridized carbons (Fsp3) is 0.353. The third-order valence-corrected chi connectivity index (χ3v) is 4.07. The van der Waals surface area contributed by atoms with Crippen molar-refractivity contribution in [2.75, 3.05) is 18.0 Å². The number of aromatic nitrogens is 2. The molecule has 0 saturated carbocycles. The van der Waals surface area contributed by atoms with Gasteiger partial charge in [-0.25, -0.2) is 9.97 Å². The van der Waals surface area contributed by atoms with Gasteiger partial charge in [0, 0.05) is 25.5 Å². The average Bonchev–Trinajstić information content (AvgIpc) is 2.56. The van der Waals surface area contributed by atoms with Crippen molar-refractivity contribution >= 4 is 5.82 Å². The van der Waals surface area contributed by atoms with E-state index in [0.29, 0.717) is 11.6 Å². The molecule has 4 nitrogen and oxygen atoms in total. The molecular formula is C17H18N4. The van der Waals surface area contributed by atoms with Crippen molar-refractivity contribution in [3.05, 3.63) is 54.0 Å². The van der Waals surface area contributed by atoms with E-state index in [9.17, 15) is 0 Å². The number of anilines is 1. The Kier molecular flexibility index (Phi) is 4.11. The largest absolute Gasteiger partial charge is 0.354 e. The topological polar surface area (TPSA) is 52.8 Å². The number of nitrogens with zero attached hydrogens (tertiary/aromatic N) is 4. The van der Waals surface area contributed by atoms with Crippen molar-refractivity contribution in [3.8, 4) is 6.07 Å². The summed E-state index contributed by atoms with van der Waals surface area (Å²) in [6, 6.07) is 12.8. The summed E-state index contributed by atoms with van der Waals surface area (Å²) >= 11 is 0. The van der Waals surface area contributed by atoms with Crippen LogP contribution in [0, 0.1) is 17.2 Å². The Labute approximate surface area is 125 Å². The zero-order chi connectivity index (χ0) is 14.5. The van der Waals surface area contributed by atoms with Crippen molar-refractivity contribution in [1.29, 1.82) is 5.26 Å². The summed E-state index contributed by atoms with van der Waals surface area (Å²) in [6.45, 7) is 1.90. The quantitative estimate of drug-likeness (QED) is 0.866. The van der Waals surface area contributed by atoms with Crippen LogP contribution in [0.25, 0.3) is 0 Å². The van der Waals surface area contributed by atoms with Crippen molar-refractivity contribution in [2.45, 2.75) is 19.3 Å². The molecule has 4 heteroatoms. The summed E-state index contributed by atoms with van der Waals surface area (Å²) in [5, 5.41) is 9.12. The van der Waals surface area contributed by atoms with Crippen LogP contribution in [0.4, 0.5) is 5.82 Å². The lowest BCUT2D eigenvalue weighted by atomic mass is 9.90. The fourth-order valence-corrected chi connectivity index (χ4v) is 2.94. The number of hydrogen-bond acceptors (Lipinski definition) is 4. The van der Waals surface area contributed by atoms with Gasteiger partial charge < -0.3 is 4.90 Å². The van der Waals surface area contributed by atoms with Gasteiger partial charge in [-0.1, -0.05) is 30.3 Å². The Morgan fingerprint density at radius 1 is 1.10 bits per heavy atom. The van der Waals surface area contributed by atoms with Gasteiger partial charge in [-0.2, -0.15) is 5.26 Å². The average molecular weight is 278 g/mol. The Hall–Kier alpha value is -2.41. The number of piperidine rings is 1. The highest BCUT2D eigenvalue weighted by molar-refractivity contribution is 5.49. The molecule has 1 aromatic heterocycles. The maximum absolute atomic E-state index is 9.12. The molecule has 0 aliphatic carbocycles. The minimum atomic E-state index is 0.430. The van der Waals surface area contributed by atoms with Crippen LogP contribution < -0.4 is 4.90 Å². The first-order valence-electron chi connectivity index (χ1n) is 7.37. The molecule has 0 atom stereocenters. The van der Waals surface area contributed by atoms with E-state index in [1.54, 1.807) is 12.4 Å². The van der Waals surface area contributed by atoms with Crippen LogP contribution in [0.5, 0.6) is 0 Å². The second-order valence-electron chi connectivity index (χ2n) is 5.46. The van der Waals surface area contributed by atoms with Crippen LogP contribution in [0.1, 0.15) is 24.1 Å². The van der Waals surface area contributed by atoms with E-state index >= 15 is 0 Å². The lowest BCUT2D eigenvalue weighted by Gasteiger charge is -2.33. The molecule has 3 rings (SSSR count). The second-order valence-corrected chi connectivity index (χ2v) is 5.46. The molecule has 0 spiro atoms. The molecule has 0 radical (unpaired) electrons. The second kappa shape index (κ2) is 6.36. The van der Waals surface area contributed by atoms with E-state index < -0.39 is 0 Å². The van der Waals surface area contributed by atoms with Crippen LogP contribution in [0.15, 0.2) is 42.7 Å². The van der Waals surface area contributed by atoms with Crippen LogP contribution in [0.2, 0.25) is 0 Å². The third-order valence-electron chi connectivity index (χ3n) is 4.07. The van der Waals surface area contributed by atoms with Crippen LogP contribution in [-0.4, -0.2) is 23.1 Å². The van der Waals surface area contributed by atoms with Gasteiger partial charge in [0.15, 0.2) is 11.5 Å². The van der Waals surface area contributed by atoms with Gasteiger partial charge in [0.05, 0.1) is 0 Å². The number of benzene rings is 1. The minimum absolute atomic E-state index is 0.430. The molecule has 1 saturated heterocycles. The monoisotopic (exact) mass is 278 g/mol. The van der Waals surface area contributed by atoms with Gasteiger partial charge in [-0.15, -0.1) is 0 Å². The van der Waals surface area contributed by atoms with Crippen molar-refractivity contribution in [3.63, 3.8) is 0 Å². The third kappa shape index (κ3) is 3.19. The predicted molar refractivity (Wildman–Crippen MR) is 81.8 cm³/mol. The maximum Gasteiger partial charge on any atom is 0.183 e. The van der Waals surface area contributed by atoms with Gasteiger partial charge in [0.2, 0.25) is 0 Å². The molecular weight excluding hydrogens is 260 g/mol. The summed E-state index contributed by atoms with van der Waals surface area (Å²) < 4.78 is 0. The van der Waals surface area contributed by atoms with E-state index in [-0.39, 0.29) is 0 Å². The number of rotatable bonds is 3. The SMILES string of the molecule is N#Cc1nccnc1N1CCC(Cc2ccccc2)CC1. The van der Waals surface area contributed by atoms with Crippen molar-refractivity contribution in [2.24, 2.45) is 5.92 Å². The number of nitriles is 1. The molecule has 106 valence electrons. The van der Waals surface area contributed by atoms with Crippen molar-refractivity contribution in [1.82, 2.24) is 9.97 Å². The van der Waals surface area contributed by atoms with E-state index in [4.69, 9.17) is 5.26 Å². The Morgan fingerprint density at radius 2 is 1.81 bits per heavy atom. The van der Waals surface area contributed by atoms with Gasteiger partial charge >= 0.3 is 0 Å². The first kappa shape index (κ1) is 13.6. The molecule has 2 heterocycles. The molecule has 0 amide bonds. The zero-order valence-corrected chi connectivity index (χ0v) is 11.9. The summed E-state index contributed by atoms with van der Waals surface area (Å²) in [6.07, 6.45) is 6.64. The summed E-state index contributed by atoms with van der Waals surface area (Å²) in [5.41, 5.74) is 1.84. The zero-order valence-electron chi connectivity index (χ0n) is 11.9. The fourth-order valence-electron chi connectivity index (χ4n) is 2.94. The lowest BCUT2D eigenvalue weighted by Crippen LogP contribution is -2.35. The summed E-state index contributed by atoms with van der Waals surface area (Å²) in [7, 11) is 0. The van der Waals surface area contributed by atoms with E-state index in [0.717, 1.165) is 38.2 Å². The molecule has 0 unspecified atom stereocenters. The minimum Gasteiger partial charge on any atom is -0.354 e. The molecule has 0 bridgehead atoms. The highest BCUT2D eigenvalue weighted by Gasteiger charge is 2.22. The van der Waals surface area contributed by atoms with Gasteiger partial charge in [0.1, 0.15) is 6.07 Å². The Balaban J connectivity index is 1.62. The summed E-state index contributed by atoms with van der Waals surface area (Å²) in [5.74, 6) is 1.45. The Bertz CT molecular complexity index is 625. The lowest BCUT2D eigenvalue weighted by molar-refractivity contribution is 0.402. The smallest absolute Gasteiger partial charge is 0.183 e. The van der Waals surface area contributed by atoms with Gasteiger partial charge in [-0.3, -0.25) is 0 Å². The van der Waals surface area contributed by atoms with Gasteiger partial charge in [0.25, 0.3) is 0 Å². The van der Waals surface area contributed by atoms with E-state index in [1.165, 1.54) is 5.56 Å². The first-order valence-corrected chi connectivity index (χ1v) is 7.37. The van der Waals surface area contributed by atoms with Crippen LogP contribution in [-0.2, 0) is 6.42 Å². The molecule has 2 aromatic rings. The number of hydrogen-bond donors (Lipinski definition) is 0. The molecule has 1 aromatic carbocycles. The van der Waals surface area contributed by atoms with Crippen molar-refractivity contribution < 1.29 is 0 Å². The maximum atomic E-state index is 9.12. The highest BCUT2D eigenvalue weighted by Crippen LogP contribution is 2.25. The molecule has 1 fully saturated rings. The molecule has 1 aliphatic heterocycles. The molecule has 1 aliphatic rings. The predicted octanol–water partition coefficient (Wildman–Crippen LogP) is 2.81. The standard InChI is InChI=1S/C17H18N4/c18-13-16-17(20-9-8-19-16)21-10-6-15(7-11-21)12-14-4-2-1-3-5-14/h1-5,8-9,15H,6-7,10-12H2. The van der Waals surface area contributed by atoms with Crippen LogP contribution in [0.3, 0.4) is 0 Å². The van der Waals surface area contributed by atoms with Gasteiger partial charge in [-0.05, 0) is 30.7 Å². The van der Waals surface area contributed by atoms with E-state index in [2.05, 4.69) is 51.3 Å². The Morgan fingerprint density at radius 3 is 2.52 bits per heavy atom. The normalized spacial score (nSPS) is 15.7. The summed E-state index contributed by atoms with van der Waals surface area (Å²) in [4.78, 5) is 10.6. The first-order chi connectivity index (χ1) is 10.4. The molecule has 21 heavy (non-hydrogen) atoms. The highest BCUT2D eigenvalue weighted by atomic mass is 15.2. The van der Waals surface area contributed by atoms with Crippen LogP contribution >= 0.6 is 0 Å². The van der Waals surface area contributed by atoms with E-state index in [1.807, 2.05) is 0 Å².